The number of fused-ring (bicyclic) bond motifs is 1. The first-order chi connectivity index (χ1) is 19.0. The lowest BCUT2D eigenvalue weighted by Gasteiger charge is -2.65. The average Bonchev–Trinajstić information content (AvgIpc) is 2.86. The van der Waals surface area contributed by atoms with Gasteiger partial charge in [0.25, 0.3) is 0 Å². The van der Waals surface area contributed by atoms with Crippen molar-refractivity contribution >= 4 is 22.1 Å². The van der Waals surface area contributed by atoms with Crippen LogP contribution in [0.1, 0.15) is 57.9 Å². The van der Waals surface area contributed by atoms with Crippen LogP contribution < -0.4 is 20.9 Å². The Labute approximate surface area is 234 Å². The van der Waals surface area contributed by atoms with Crippen LogP contribution in [-0.4, -0.2) is 10.2 Å². The quantitative estimate of drug-likeness (QED) is 0.151. The highest BCUT2D eigenvalue weighted by atomic mass is 16.5. The number of phenolic OH excluding ortho intramolecular Hbond substituents is 2. The Morgan fingerprint density at radius 1 is 0.650 bits per heavy atom. The van der Waals surface area contributed by atoms with Crippen molar-refractivity contribution in [3.63, 3.8) is 0 Å². The number of aromatic hydroxyl groups is 2. The summed E-state index contributed by atoms with van der Waals surface area (Å²) in [6, 6.07) is 20.4. The van der Waals surface area contributed by atoms with Crippen LogP contribution in [0.5, 0.6) is 34.5 Å². The Morgan fingerprint density at radius 3 is 1.82 bits per heavy atom. The third kappa shape index (κ3) is 4.17. The number of nitrogens with two attached hydrogens (primary N) is 2. The summed E-state index contributed by atoms with van der Waals surface area (Å²) in [5, 5.41) is 22.4. The Bertz CT molecular complexity index is 1650. The molecule has 0 radical (unpaired) electrons. The maximum Gasteiger partial charge on any atom is 0.142 e. The topological polar surface area (TPSA) is 111 Å². The van der Waals surface area contributed by atoms with Gasteiger partial charge in [-0.25, -0.2) is 0 Å². The Hall–Kier alpha value is -4.06. The molecule has 2 atom stereocenters. The van der Waals surface area contributed by atoms with Crippen LogP contribution in [0.4, 0.5) is 11.4 Å². The molecule has 8 rings (SSSR count). The van der Waals surface area contributed by atoms with Gasteiger partial charge >= 0.3 is 0 Å². The largest absolute Gasteiger partial charge is 0.506 e. The van der Waals surface area contributed by atoms with Gasteiger partial charge in [-0.2, -0.15) is 0 Å². The summed E-state index contributed by atoms with van der Waals surface area (Å²) in [5.41, 5.74) is 14.3. The molecule has 0 aromatic heterocycles. The number of hydrogen-bond acceptors (Lipinski definition) is 6. The minimum atomic E-state index is -0.0108. The van der Waals surface area contributed by atoms with Gasteiger partial charge < -0.3 is 31.2 Å². The predicted octanol–water partition coefficient (Wildman–Crippen LogP) is 8.25. The van der Waals surface area contributed by atoms with Gasteiger partial charge in [-0.1, -0.05) is 19.9 Å². The maximum absolute atomic E-state index is 10.3. The first-order valence-corrected chi connectivity index (χ1v) is 14.1. The van der Waals surface area contributed by atoms with Crippen molar-refractivity contribution in [1.29, 1.82) is 0 Å². The van der Waals surface area contributed by atoms with E-state index in [0.29, 0.717) is 39.5 Å². The molecule has 0 saturated heterocycles. The minimum Gasteiger partial charge on any atom is -0.506 e. The molecule has 206 valence electrons. The third-order valence-corrected chi connectivity index (χ3v) is 9.58. The standard InChI is InChI=1S/C34H36N2O4/c1-32-14-20-15-33(2,17-32)19-34(16-20,18-32)26-10-21-3-4-23(39-24-5-7-27(35)29(37)12-24)9-22(21)11-31(26)40-25-6-8-28(36)30(38)13-25/h3-13,20,37-38H,14-19,35-36H2,1-2H3. The maximum atomic E-state index is 10.3. The van der Waals surface area contributed by atoms with E-state index in [0.717, 1.165) is 22.4 Å². The third-order valence-electron chi connectivity index (χ3n) is 9.58. The normalized spacial score (nSPS) is 28.6. The Kier molecular flexibility index (Phi) is 5.28. The van der Waals surface area contributed by atoms with E-state index in [1.165, 1.54) is 50.2 Å². The van der Waals surface area contributed by atoms with Crippen molar-refractivity contribution in [1.82, 2.24) is 0 Å². The molecule has 0 amide bonds. The number of rotatable bonds is 5. The Balaban J connectivity index is 1.34. The zero-order valence-electron chi connectivity index (χ0n) is 23.0. The van der Waals surface area contributed by atoms with Crippen LogP contribution in [0.2, 0.25) is 0 Å². The second-order valence-electron chi connectivity index (χ2n) is 13.4. The van der Waals surface area contributed by atoms with E-state index in [9.17, 15) is 10.2 Å². The second-order valence-corrected chi connectivity index (χ2v) is 13.4. The van der Waals surface area contributed by atoms with Gasteiger partial charge in [-0.05, 0) is 115 Å². The fraction of sp³-hybridized carbons (Fsp3) is 0.353. The molecule has 4 saturated carbocycles. The highest BCUT2D eigenvalue weighted by molar-refractivity contribution is 5.87. The molecule has 0 spiro atoms. The summed E-state index contributed by atoms with van der Waals surface area (Å²) >= 11 is 0. The zero-order valence-corrected chi connectivity index (χ0v) is 23.0. The molecule has 0 aliphatic heterocycles. The van der Waals surface area contributed by atoms with Gasteiger partial charge in [-0.3, -0.25) is 0 Å². The minimum absolute atomic E-state index is 0.0108. The molecule has 40 heavy (non-hydrogen) atoms. The molecule has 6 heteroatoms. The van der Waals surface area contributed by atoms with Gasteiger partial charge in [0.2, 0.25) is 0 Å². The Morgan fingerprint density at radius 2 is 1.23 bits per heavy atom. The SMILES string of the molecule is CC12CC3CC(C)(C1)CC(c1cc4ccc(Oc5ccc(N)c(O)c5)cc4cc1Oc1ccc(N)c(O)c1)(C3)C2. The van der Waals surface area contributed by atoms with E-state index >= 15 is 0 Å². The van der Waals surface area contributed by atoms with Crippen LogP contribution >= 0.6 is 0 Å². The van der Waals surface area contributed by atoms with Gasteiger partial charge in [0.05, 0.1) is 11.4 Å². The van der Waals surface area contributed by atoms with E-state index in [4.69, 9.17) is 20.9 Å². The molecule has 4 fully saturated rings. The molecular formula is C34H36N2O4. The number of hydrogen-bond donors (Lipinski definition) is 4. The molecule has 4 bridgehead atoms. The first-order valence-electron chi connectivity index (χ1n) is 14.1. The molecule has 4 aliphatic rings. The summed E-state index contributed by atoms with van der Waals surface area (Å²) in [6.07, 6.45) is 7.47. The van der Waals surface area contributed by atoms with E-state index < -0.39 is 0 Å². The molecule has 6 N–H and O–H groups in total. The van der Waals surface area contributed by atoms with Crippen molar-refractivity contribution in [3.05, 3.63) is 72.3 Å². The highest BCUT2D eigenvalue weighted by Crippen LogP contribution is 2.70. The molecule has 4 aromatic rings. The van der Waals surface area contributed by atoms with Gasteiger partial charge in [0, 0.05) is 23.1 Å². The summed E-state index contributed by atoms with van der Waals surface area (Å²) in [5.74, 6) is 3.26. The van der Waals surface area contributed by atoms with Crippen molar-refractivity contribution in [2.24, 2.45) is 16.7 Å². The van der Waals surface area contributed by atoms with E-state index in [1.807, 2.05) is 12.1 Å². The monoisotopic (exact) mass is 536 g/mol. The molecular weight excluding hydrogens is 500 g/mol. The van der Waals surface area contributed by atoms with Crippen LogP contribution in [0.3, 0.4) is 0 Å². The number of phenols is 2. The van der Waals surface area contributed by atoms with Crippen LogP contribution in [0.15, 0.2) is 66.7 Å². The molecule has 6 nitrogen and oxygen atoms in total. The first kappa shape index (κ1) is 24.9. The van der Waals surface area contributed by atoms with Gasteiger partial charge in [0.15, 0.2) is 0 Å². The number of nitrogen functional groups attached to an aromatic ring is 2. The molecule has 2 unspecified atom stereocenters. The van der Waals surface area contributed by atoms with E-state index in [2.05, 4.69) is 32.0 Å². The smallest absolute Gasteiger partial charge is 0.142 e. The predicted molar refractivity (Wildman–Crippen MR) is 158 cm³/mol. The fourth-order valence-corrected chi connectivity index (χ4v) is 9.00. The lowest BCUT2D eigenvalue weighted by Crippen LogP contribution is -2.56. The summed E-state index contributed by atoms with van der Waals surface area (Å²) in [4.78, 5) is 0. The highest BCUT2D eigenvalue weighted by Gasteiger charge is 2.61. The lowest BCUT2D eigenvalue weighted by molar-refractivity contribution is -0.110. The lowest BCUT2D eigenvalue weighted by atomic mass is 9.39. The molecule has 0 heterocycles. The zero-order chi connectivity index (χ0) is 27.9. The molecule has 4 aromatic carbocycles. The van der Waals surface area contributed by atoms with Crippen molar-refractivity contribution in [2.75, 3.05) is 11.5 Å². The average molecular weight is 537 g/mol. The van der Waals surface area contributed by atoms with Crippen molar-refractivity contribution in [2.45, 2.75) is 57.8 Å². The summed E-state index contributed by atoms with van der Waals surface area (Å²) in [7, 11) is 0. The fourth-order valence-electron chi connectivity index (χ4n) is 9.00. The van der Waals surface area contributed by atoms with Crippen LogP contribution in [0, 0.1) is 16.7 Å². The van der Waals surface area contributed by atoms with Crippen molar-refractivity contribution < 1.29 is 19.7 Å². The van der Waals surface area contributed by atoms with Gasteiger partial charge in [0.1, 0.15) is 34.5 Å². The number of ether oxygens (including phenoxy) is 2. The van der Waals surface area contributed by atoms with Crippen LogP contribution in [-0.2, 0) is 5.41 Å². The summed E-state index contributed by atoms with van der Waals surface area (Å²) in [6.45, 7) is 4.98. The molecule has 4 aliphatic carbocycles. The summed E-state index contributed by atoms with van der Waals surface area (Å²) < 4.78 is 12.7. The number of benzene rings is 4. The van der Waals surface area contributed by atoms with E-state index in [-0.39, 0.29) is 16.9 Å². The van der Waals surface area contributed by atoms with E-state index in [1.54, 1.807) is 30.3 Å². The van der Waals surface area contributed by atoms with Crippen molar-refractivity contribution in [3.8, 4) is 34.5 Å². The number of anilines is 2. The second kappa shape index (κ2) is 8.47. The van der Waals surface area contributed by atoms with Crippen LogP contribution in [0.25, 0.3) is 10.8 Å². The van der Waals surface area contributed by atoms with Gasteiger partial charge in [-0.15, -0.1) is 0 Å².